The highest BCUT2D eigenvalue weighted by Crippen LogP contribution is 2.23. The summed E-state index contributed by atoms with van der Waals surface area (Å²) in [5, 5.41) is 3.41. The van der Waals surface area contributed by atoms with Crippen molar-refractivity contribution in [3.8, 4) is 0 Å². The van der Waals surface area contributed by atoms with Crippen LogP contribution in [0.4, 0.5) is 8.78 Å². The molecule has 0 radical (unpaired) electrons. The van der Waals surface area contributed by atoms with Crippen molar-refractivity contribution in [2.75, 3.05) is 39.3 Å². The van der Waals surface area contributed by atoms with Crippen LogP contribution in [0.1, 0.15) is 38.6 Å². The van der Waals surface area contributed by atoms with Gasteiger partial charge in [0.25, 0.3) is 0 Å². The maximum atomic E-state index is 12.9. The van der Waals surface area contributed by atoms with Crippen LogP contribution in [0.2, 0.25) is 0 Å². The highest BCUT2D eigenvalue weighted by atomic mass is 35.5. The maximum Gasteiger partial charge on any atom is 0.319 e. The Labute approximate surface area is 177 Å². The molecule has 10 heteroatoms. The van der Waals surface area contributed by atoms with Crippen LogP contribution in [0.5, 0.6) is 0 Å². The molecule has 1 amide bonds. The van der Waals surface area contributed by atoms with E-state index in [9.17, 15) is 13.6 Å². The summed E-state index contributed by atoms with van der Waals surface area (Å²) in [5.74, 6) is 1.57. The minimum Gasteiger partial charge on any atom is -0.340 e. The van der Waals surface area contributed by atoms with E-state index in [4.69, 9.17) is 0 Å². The number of halogens is 4. The molecule has 3 rings (SSSR count). The lowest BCUT2D eigenvalue weighted by Gasteiger charge is -2.36. The lowest BCUT2D eigenvalue weighted by atomic mass is 9.85. The minimum atomic E-state index is -2.56. The molecule has 0 aliphatic carbocycles. The second kappa shape index (κ2) is 11.9. The van der Waals surface area contributed by atoms with Gasteiger partial charge in [0.15, 0.2) is 0 Å². The molecule has 3 heterocycles. The van der Waals surface area contributed by atoms with Gasteiger partial charge in [-0.1, -0.05) is 6.92 Å². The van der Waals surface area contributed by atoms with Gasteiger partial charge in [0.1, 0.15) is 5.82 Å². The molecule has 0 saturated carbocycles. The van der Waals surface area contributed by atoms with E-state index >= 15 is 0 Å². The molecule has 1 aromatic heterocycles. The van der Waals surface area contributed by atoms with E-state index in [1.54, 1.807) is 0 Å². The van der Waals surface area contributed by atoms with E-state index in [0.29, 0.717) is 56.8 Å². The third-order valence-electron chi connectivity index (χ3n) is 5.69. The lowest BCUT2D eigenvalue weighted by Crippen LogP contribution is -2.49. The van der Waals surface area contributed by atoms with Crippen LogP contribution in [0.3, 0.4) is 0 Å². The molecule has 28 heavy (non-hydrogen) atoms. The predicted octanol–water partition coefficient (Wildman–Crippen LogP) is 2.79. The molecular formula is C18H31Cl2F2N5O. The number of piperazine rings is 1. The first kappa shape index (κ1) is 25.1. The second-order valence-corrected chi connectivity index (χ2v) is 7.47. The Morgan fingerprint density at radius 3 is 2.61 bits per heavy atom. The van der Waals surface area contributed by atoms with Crippen LogP contribution in [-0.2, 0) is 11.3 Å². The summed E-state index contributed by atoms with van der Waals surface area (Å²) in [6, 6.07) is 0. The number of imidazole rings is 1. The Balaban J connectivity index is 0.00000196. The van der Waals surface area contributed by atoms with E-state index in [0.717, 1.165) is 17.7 Å². The first-order valence-corrected chi connectivity index (χ1v) is 9.55. The Kier molecular flexibility index (Phi) is 10.7. The molecule has 2 aliphatic heterocycles. The molecule has 1 aromatic rings. The van der Waals surface area contributed by atoms with Crippen LogP contribution in [0, 0.1) is 11.8 Å². The van der Waals surface area contributed by atoms with Crippen LogP contribution in [0.25, 0.3) is 0 Å². The molecule has 2 atom stereocenters. The number of amides is 1. The number of hydrogen-bond acceptors (Lipinski definition) is 4. The summed E-state index contributed by atoms with van der Waals surface area (Å²) in [6.45, 7) is 4.81. The van der Waals surface area contributed by atoms with Gasteiger partial charge in [-0.2, -0.15) is 8.78 Å². The van der Waals surface area contributed by atoms with Crippen molar-refractivity contribution in [1.82, 2.24) is 24.7 Å². The summed E-state index contributed by atoms with van der Waals surface area (Å²) in [5.41, 5.74) is 0. The molecule has 0 aromatic carbocycles. The number of alkyl halides is 2. The fourth-order valence-corrected chi connectivity index (χ4v) is 3.94. The number of carbonyl (C=O) groups excluding carboxylic acids is 1. The topological polar surface area (TPSA) is 53.4 Å². The normalized spacial score (nSPS) is 21.7. The van der Waals surface area contributed by atoms with E-state index in [1.807, 2.05) is 4.90 Å². The number of aromatic nitrogens is 2. The number of hydrogen-bond donors (Lipinski definition) is 1. The molecule has 2 aliphatic rings. The van der Waals surface area contributed by atoms with Gasteiger partial charge in [0.2, 0.25) is 5.91 Å². The number of nitrogens with one attached hydrogen (secondary N) is 1. The standard InChI is InChI=1S/C18H29F2N5O.2ClH/c1-14(15-3-2-4-21-12-15)11-17(26)24-9-7-23(8-10-24)13-16-22-5-6-25(16)18(19)20;;/h5-6,14-15,18,21H,2-4,7-13H2,1H3;2*1H. The van der Waals surface area contributed by atoms with Crippen LogP contribution in [-0.4, -0.2) is 64.5 Å². The van der Waals surface area contributed by atoms with Crippen molar-refractivity contribution in [2.24, 2.45) is 11.8 Å². The van der Waals surface area contributed by atoms with Crippen molar-refractivity contribution < 1.29 is 13.6 Å². The van der Waals surface area contributed by atoms with Crippen molar-refractivity contribution in [3.05, 3.63) is 18.2 Å². The summed E-state index contributed by atoms with van der Waals surface area (Å²) in [4.78, 5) is 20.6. The van der Waals surface area contributed by atoms with Crippen LogP contribution < -0.4 is 5.32 Å². The van der Waals surface area contributed by atoms with E-state index in [2.05, 4.69) is 22.1 Å². The molecular weight excluding hydrogens is 411 g/mol. The molecule has 6 nitrogen and oxygen atoms in total. The Morgan fingerprint density at radius 2 is 2.00 bits per heavy atom. The Morgan fingerprint density at radius 1 is 1.29 bits per heavy atom. The maximum absolute atomic E-state index is 12.9. The average molecular weight is 442 g/mol. The van der Waals surface area contributed by atoms with Gasteiger partial charge in [-0.05, 0) is 37.8 Å². The fraction of sp³-hybridized carbons (Fsp3) is 0.778. The fourth-order valence-electron chi connectivity index (χ4n) is 3.94. The highest BCUT2D eigenvalue weighted by Gasteiger charge is 2.27. The van der Waals surface area contributed by atoms with Crippen molar-refractivity contribution in [1.29, 1.82) is 0 Å². The summed E-state index contributed by atoms with van der Waals surface area (Å²) < 4.78 is 26.7. The molecule has 0 bridgehead atoms. The molecule has 2 fully saturated rings. The highest BCUT2D eigenvalue weighted by molar-refractivity contribution is 5.85. The SMILES string of the molecule is CC(CC(=O)N1CCN(Cc2nccn2C(F)F)CC1)C1CCCNC1.Cl.Cl. The third kappa shape index (κ3) is 6.54. The summed E-state index contributed by atoms with van der Waals surface area (Å²) in [6.07, 6.45) is 5.70. The van der Waals surface area contributed by atoms with Gasteiger partial charge in [0.05, 0.1) is 6.54 Å². The predicted molar refractivity (Wildman–Crippen MR) is 109 cm³/mol. The smallest absolute Gasteiger partial charge is 0.319 e. The Bertz CT molecular complexity index is 590. The van der Waals surface area contributed by atoms with Crippen molar-refractivity contribution in [3.63, 3.8) is 0 Å². The van der Waals surface area contributed by atoms with Gasteiger partial charge >= 0.3 is 6.55 Å². The van der Waals surface area contributed by atoms with E-state index < -0.39 is 6.55 Å². The van der Waals surface area contributed by atoms with E-state index in [-0.39, 0.29) is 30.7 Å². The van der Waals surface area contributed by atoms with Gasteiger partial charge < -0.3 is 10.2 Å². The molecule has 1 N–H and O–H groups in total. The molecule has 0 spiro atoms. The van der Waals surface area contributed by atoms with Crippen molar-refractivity contribution >= 4 is 30.7 Å². The van der Waals surface area contributed by atoms with Crippen LogP contribution in [0.15, 0.2) is 12.4 Å². The second-order valence-electron chi connectivity index (χ2n) is 7.47. The van der Waals surface area contributed by atoms with Gasteiger partial charge in [-0.15, -0.1) is 24.8 Å². The van der Waals surface area contributed by atoms with Gasteiger partial charge in [-0.3, -0.25) is 14.3 Å². The van der Waals surface area contributed by atoms with Crippen LogP contribution >= 0.6 is 24.8 Å². The number of piperidine rings is 1. The zero-order valence-corrected chi connectivity index (χ0v) is 17.9. The minimum absolute atomic E-state index is 0. The average Bonchev–Trinajstić information content (AvgIpc) is 3.11. The first-order chi connectivity index (χ1) is 12.5. The van der Waals surface area contributed by atoms with Crippen molar-refractivity contribution in [2.45, 2.75) is 39.3 Å². The number of carbonyl (C=O) groups is 1. The summed E-state index contributed by atoms with van der Waals surface area (Å²) >= 11 is 0. The van der Waals surface area contributed by atoms with Gasteiger partial charge in [-0.25, -0.2) is 4.98 Å². The van der Waals surface area contributed by atoms with E-state index in [1.165, 1.54) is 25.2 Å². The molecule has 2 unspecified atom stereocenters. The largest absolute Gasteiger partial charge is 0.340 e. The van der Waals surface area contributed by atoms with Gasteiger partial charge in [0, 0.05) is 45.0 Å². The first-order valence-electron chi connectivity index (χ1n) is 9.55. The number of rotatable bonds is 6. The monoisotopic (exact) mass is 441 g/mol. The summed E-state index contributed by atoms with van der Waals surface area (Å²) in [7, 11) is 0. The molecule has 162 valence electrons. The lowest BCUT2D eigenvalue weighted by molar-refractivity contribution is -0.134. The molecule has 2 saturated heterocycles. The zero-order chi connectivity index (χ0) is 18.5. The quantitative estimate of drug-likeness (QED) is 0.737. The zero-order valence-electron chi connectivity index (χ0n) is 16.2. The third-order valence-corrected chi connectivity index (χ3v) is 5.69. The Hall–Kier alpha value is -0.960. The number of nitrogens with zero attached hydrogens (tertiary/aromatic N) is 4.